The van der Waals surface area contributed by atoms with Crippen molar-refractivity contribution in [2.45, 2.75) is 26.7 Å². The van der Waals surface area contributed by atoms with Crippen LogP contribution in [0.5, 0.6) is 5.75 Å². The Morgan fingerprint density at radius 1 is 1.21 bits per heavy atom. The standard InChI is InChI=1S/C16H24N2O/c1-4-9-18(5-2)10-8-13-12-17-16-7-6-14(19-3)11-15(13)16/h6-7,11-12,17H,4-5,8-10H2,1-3H3. The Kier molecular flexibility index (Phi) is 4.86. The van der Waals surface area contributed by atoms with E-state index in [1.165, 1.54) is 29.4 Å². The lowest BCUT2D eigenvalue weighted by Gasteiger charge is -2.19. The Balaban J connectivity index is 2.11. The van der Waals surface area contributed by atoms with E-state index in [2.05, 4.69) is 42.1 Å². The van der Waals surface area contributed by atoms with Crippen molar-refractivity contribution in [2.24, 2.45) is 0 Å². The summed E-state index contributed by atoms with van der Waals surface area (Å²) in [5, 5.41) is 1.28. The van der Waals surface area contributed by atoms with E-state index in [9.17, 15) is 0 Å². The number of aromatic amines is 1. The maximum atomic E-state index is 5.31. The highest BCUT2D eigenvalue weighted by molar-refractivity contribution is 5.84. The predicted octanol–water partition coefficient (Wildman–Crippen LogP) is 3.45. The smallest absolute Gasteiger partial charge is 0.119 e. The first-order valence-electron chi connectivity index (χ1n) is 7.14. The lowest BCUT2D eigenvalue weighted by Crippen LogP contribution is -2.26. The van der Waals surface area contributed by atoms with E-state index in [1.807, 2.05) is 6.07 Å². The van der Waals surface area contributed by atoms with Crippen molar-refractivity contribution in [1.29, 1.82) is 0 Å². The van der Waals surface area contributed by atoms with Crippen LogP contribution < -0.4 is 4.74 Å². The number of ether oxygens (including phenoxy) is 1. The summed E-state index contributed by atoms with van der Waals surface area (Å²) in [4.78, 5) is 5.84. The first kappa shape index (κ1) is 13.9. The van der Waals surface area contributed by atoms with Gasteiger partial charge in [-0.3, -0.25) is 0 Å². The van der Waals surface area contributed by atoms with E-state index >= 15 is 0 Å². The Bertz CT molecular complexity index is 518. The summed E-state index contributed by atoms with van der Waals surface area (Å²) in [5.41, 5.74) is 2.57. The van der Waals surface area contributed by atoms with Gasteiger partial charge < -0.3 is 14.6 Å². The zero-order chi connectivity index (χ0) is 13.7. The molecule has 3 nitrogen and oxygen atoms in total. The molecule has 0 fully saturated rings. The molecule has 0 saturated carbocycles. The van der Waals surface area contributed by atoms with Gasteiger partial charge in [-0.15, -0.1) is 0 Å². The third-order valence-electron chi connectivity index (χ3n) is 3.66. The van der Waals surface area contributed by atoms with E-state index in [1.54, 1.807) is 7.11 Å². The van der Waals surface area contributed by atoms with Crippen molar-refractivity contribution in [3.8, 4) is 5.75 Å². The second-order valence-electron chi connectivity index (χ2n) is 4.91. The number of H-pyrrole nitrogens is 1. The van der Waals surface area contributed by atoms with Gasteiger partial charge in [0.2, 0.25) is 0 Å². The summed E-state index contributed by atoms with van der Waals surface area (Å²) in [6, 6.07) is 6.20. The zero-order valence-corrected chi connectivity index (χ0v) is 12.2. The molecule has 3 heteroatoms. The Morgan fingerprint density at radius 2 is 2.05 bits per heavy atom. The van der Waals surface area contributed by atoms with Gasteiger partial charge in [-0.05, 0) is 49.7 Å². The average molecular weight is 260 g/mol. The SMILES string of the molecule is CCCN(CC)CCc1c[nH]c2ccc(OC)cc12. The maximum Gasteiger partial charge on any atom is 0.119 e. The van der Waals surface area contributed by atoms with Gasteiger partial charge in [-0.2, -0.15) is 0 Å². The fourth-order valence-corrected chi connectivity index (χ4v) is 2.51. The highest BCUT2D eigenvalue weighted by Gasteiger charge is 2.07. The number of hydrogen-bond acceptors (Lipinski definition) is 2. The number of nitrogens with one attached hydrogen (secondary N) is 1. The minimum absolute atomic E-state index is 0.925. The van der Waals surface area contributed by atoms with Gasteiger partial charge in [0, 0.05) is 23.6 Å². The molecule has 2 aromatic rings. The third-order valence-corrected chi connectivity index (χ3v) is 3.66. The van der Waals surface area contributed by atoms with Crippen LogP contribution >= 0.6 is 0 Å². The number of nitrogens with zero attached hydrogens (tertiary/aromatic N) is 1. The topological polar surface area (TPSA) is 28.3 Å². The number of rotatable bonds is 7. The first-order chi connectivity index (χ1) is 9.28. The van der Waals surface area contributed by atoms with Gasteiger partial charge in [0.1, 0.15) is 5.75 Å². The number of fused-ring (bicyclic) bond motifs is 1. The molecule has 0 unspecified atom stereocenters. The van der Waals surface area contributed by atoms with E-state index in [0.29, 0.717) is 0 Å². The molecular formula is C16H24N2O. The number of aromatic nitrogens is 1. The first-order valence-corrected chi connectivity index (χ1v) is 7.14. The van der Waals surface area contributed by atoms with Crippen LogP contribution in [-0.4, -0.2) is 36.6 Å². The molecule has 0 spiro atoms. The Morgan fingerprint density at radius 3 is 2.74 bits per heavy atom. The zero-order valence-electron chi connectivity index (χ0n) is 12.2. The number of likely N-dealkylation sites (N-methyl/N-ethyl adjacent to an activating group) is 1. The van der Waals surface area contributed by atoms with Crippen LogP contribution in [0.4, 0.5) is 0 Å². The Hall–Kier alpha value is -1.48. The van der Waals surface area contributed by atoms with Crippen LogP contribution in [-0.2, 0) is 6.42 Å². The molecule has 0 amide bonds. The third kappa shape index (κ3) is 3.29. The molecule has 19 heavy (non-hydrogen) atoms. The van der Waals surface area contributed by atoms with E-state index < -0.39 is 0 Å². The van der Waals surface area contributed by atoms with Crippen molar-refractivity contribution in [1.82, 2.24) is 9.88 Å². The van der Waals surface area contributed by atoms with Crippen LogP contribution in [0.25, 0.3) is 10.9 Å². The predicted molar refractivity (Wildman–Crippen MR) is 81.0 cm³/mol. The summed E-state index contributed by atoms with van der Waals surface area (Å²) < 4.78 is 5.31. The van der Waals surface area contributed by atoms with E-state index in [-0.39, 0.29) is 0 Å². The number of hydrogen-bond donors (Lipinski definition) is 1. The van der Waals surface area contributed by atoms with Crippen molar-refractivity contribution < 1.29 is 4.74 Å². The van der Waals surface area contributed by atoms with Gasteiger partial charge in [-0.25, -0.2) is 0 Å². The molecule has 104 valence electrons. The van der Waals surface area contributed by atoms with Crippen molar-refractivity contribution in [3.63, 3.8) is 0 Å². The van der Waals surface area contributed by atoms with Crippen LogP contribution in [0, 0.1) is 0 Å². The quantitative estimate of drug-likeness (QED) is 0.826. The largest absolute Gasteiger partial charge is 0.497 e. The lowest BCUT2D eigenvalue weighted by molar-refractivity contribution is 0.293. The normalized spacial score (nSPS) is 11.4. The molecule has 1 heterocycles. The van der Waals surface area contributed by atoms with Gasteiger partial charge in [-0.1, -0.05) is 13.8 Å². The molecule has 1 aromatic heterocycles. The minimum atomic E-state index is 0.925. The van der Waals surface area contributed by atoms with Crippen LogP contribution in [0.2, 0.25) is 0 Å². The fourth-order valence-electron chi connectivity index (χ4n) is 2.51. The summed E-state index contributed by atoms with van der Waals surface area (Å²) in [7, 11) is 1.72. The monoisotopic (exact) mass is 260 g/mol. The van der Waals surface area contributed by atoms with E-state index in [4.69, 9.17) is 4.74 Å². The fraction of sp³-hybridized carbons (Fsp3) is 0.500. The molecule has 1 aromatic carbocycles. The molecule has 0 bridgehead atoms. The lowest BCUT2D eigenvalue weighted by atomic mass is 10.1. The Labute approximate surface area is 115 Å². The van der Waals surface area contributed by atoms with Gasteiger partial charge in [0.15, 0.2) is 0 Å². The number of methoxy groups -OCH3 is 1. The summed E-state index contributed by atoms with van der Waals surface area (Å²) in [5.74, 6) is 0.925. The number of benzene rings is 1. The van der Waals surface area contributed by atoms with Gasteiger partial charge in [0.05, 0.1) is 7.11 Å². The molecule has 0 aliphatic carbocycles. The molecule has 0 aliphatic heterocycles. The molecule has 1 N–H and O–H groups in total. The highest BCUT2D eigenvalue weighted by Crippen LogP contribution is 2.24. The minimum Gasteiger partial charge on any atom is -0.497 e. The van der Waals surface area contributed by atoms with Crippen molar-refractivity contribution in [3.05, 3.63) is 30.0 Å². The van der Waals surface area contributed by atoms with E-state index in [0.717, 1.165) is 25.3 Å². The molecule has 0 atom stereocenters. The molecule has 0 aliphatic rings. The van der Waals surface area contributed by atoms with Crippen LogP contribution in [0.15, 0.2) is 24.4 Å². The molecule has 0 saturated heterocycles. The van der Waals surface area contributed by atoms with Crippen molar-refractivity contribution in [2.75, 3.05) is 26.7 Å². The molecular weight excluding hydrogens is 236 g/mol. The van der Waals surface area contributed by atoms with Crippen LogP contribution in [0.3, 0.4) is 0 Å². The highest BCUT2D eigenvalue weighted by atomic mass is 16.5. The average Bonchev–Trinajstić information content (AvgIpc) is 2.85. The summed E-state index contributed by atoms with van der Waals surface area (Å²) >= 11 is 0. The van der Waals surface area contributed by atoms with Crippen molar-refractivity contribution >= 4 is 10.9 Å². The summed E-state index contributed by atoms with van der Waals surface area (Å²) in [6.07, 6.45) is 4.43. The molecule has 2 rings (SSSR count). The van der Waals surface area contributed by atoms with Gasteiger partial charge in [0.25, 0.3) is 0 Å². The second kappa shape index (κ2) is 6.62. The second-order valence-corrected chi connectivity index (χ2v) is 4.91. The molecule has 0 radical (unpaired) electrons. The van der Waals surface area contributed by atoms with Crippen LogP contribution in [0.1, 0.15) is 25.8 Å². The maximum absolute atomic E-state index is 5.31. The van der Waals surface area contributed by atoms with Gasteiger partial charge >= 0.3 is 0 Å². The summed E-state index contributed by atoms with van der Waals surface area (Å²) in [6.45, 7) is 7.89.